The summed E-state index contributed by atoms with van der Waals surface area (Å²) in [4.78, 5) is 4.81. The van der Waals surface area contributed by atoms with E-state index in [1.165, 1.54) is 5.56 Å². The third-order valence-electron chi connectivity index (χ3n) is 11.2. The van der Waals surface area contributed by atoms with Gasteiger partial charge in [0, 0.05) is 23.0 Å². The number of nitrogens with zero attached hydrogens (tertiary/aromatic N) is 4. The third-order valence-corrected chi connectivity index (χ3v) is 11.2. The van der Waals surface area contributed by atoms with Gasteiger partial charge in [-0.05, 0) is 99.5 Å². The Bertz CT molecular complexity index is 3870. The molecule has 0 amide bonds. The summed E-state index contributed by atoms with van der Waals surface area (Å²) >= 11 is 0. The maximum atomic E-state index is 9.13. The van der Waals surface area contributed by atoms with Gasteiger partial charge in [-0.15, -0.1) is 0 Å². The van der Waals surface area contributed by atoms with Crippen molar-refractivity contribution < 1.29 is 23.0 Å². The van der Waals surface area contributed by atoms with Gasteiger partial charge >= 0.3 is 0 Å². The Labute approximate surface area is 375 Å². The molecule has 0 aliphatic carbocycles. The quantitative estimate of drug-likeness (QED) is 0.108. The molecule has 0 aliphatic heterocycles. The molecule has 5 nitrogen and oxygen atoms in total. The van der Waals surface area contributed by atoms with E-state index >= 15 is 0 Å². The van der Waals surface area contributed by atoms with Gasteiger partial charge in [0.15, 0.2) is 0 Å². The summed E-state index contributed by atoms with van der Waals surface area (Å²) in [5.41, 5.74) is 6.84. The molecule has 0 saturated carbocycles. The molecule has 0 bridgehead atoms. The number of fused-ring (bicyclic) bond motifs is 4. The molecule has 11 rings (SSSR count). The van der Waals surface area contributed by atoms with Crippen LogP contribution in [0.3, 0.4) is 0 Å². The zero-order valence-electron chi connectivity index (χ0n) is 43.7. The van der Waals surface area contributed by atoms with Crippen LogP contribution < -0.4 is 9.30 Å². The van der Waals surface area contributed by atoms with Gasteiger partial charge in [-0.1, -0.05) is 159 Å². The van der Waals surface area contributed by atoms with Crippen LogP contribution in [0.15, 0.2) is 212 Å². The molecule has 0 saturated heterocycles. The largest absolute Gasteiger partial charge is 0.458 e. The van der Waals surface area contributed by atoms with E-state index in [0.717, 1.165) is 38.8 Å². The lowest BCUT2D eigenvalue weighted by Gasteiger charge is -2.17. The van der Waals surface area contributed by atoms with E-state index in [2.05, 4.69) is 49.0 Å². The summed E-state index contributed by atoms with van der Waals surface area (Å²) in [5.74, 6) is 2.20. The summed E-state index contributed by atoms with van der Waals surface area (Å²) < 4.78 is 100. The average Bonchev–Trinajstić information content (AvgIpc) is 3.94. The lowest BCUT2D eigenvalue weighted by Crippen LogP contribution is -2.31. The van der Waals surface area contributed by atoms with E-state index < -0.39 is 60.4 Å². The molecule has 5 heteroatoms. The number of imidazole rings is 1. The van der Waals surface area contributed by atoms with Crippen LogP contribution in [-0.2, 0) is 0 Å². The first-order chi connectivity index (χ1) is 34.7. The Balaban J connectivity index is 1.13. The topological polar surface area (TPSA) is 35.9 Å². The minimum Gasteiger partial charge on any atom is -0.458 e. The molecule has 296 valence electrons. The van der Waals surface area contributed by atoms with Gasteiger partial charge in [0.25, 0.3) is 6.33 Å². The van der Waals surface area contributed by atoms with Crippen molar-refractivity contribution in [1.29, 1.82) is 0 Å². The fourth-order valence-electron chi connectivity index (χ4n) is 8.23. The highest BCUT2D eigenvalue weighted by Crippen LogP contribution is 2.38. The molecule has 0 unspecified atom stereocenters. The zero-order chi connectivity index (χ0) is 50.3. The van der Waals surface area contributed by atoms with Crippen LogP contribution >= 0.6 is 0 Å². The van der Waals surface area contributed by atoms with Crippen LogP contribution in [0.5, 0.6) is 11.5 Å². The Hall–Kier alpha value is -8.02. The van der Waals surface area contributed by atoms with E-state index in [9.17, 15) is 0 Å². The Morgan fingerprint density at radius 1 is 0.565 bits per heavy atom. The van der Waals surface area contributed by atoms with Crippen LogP contribution in [-0.4, -0.2) is 14.1 Å². The molecular formula is C57H42N4O. The van der Waals surface area contributed by atoms with Crippen LogP contribution in [0, 0.1) is 6.33 Å². The maximum absolute atomic E-state index is 9.13. The summed E-state index contributed by atoms with van der Waals surface area (Å²) in [7, 11) is 0. The number of rotatable bonds is 9. The third kappa shape index (κ3) is 6.61. The van der Waals surface area contributed by atoms with Crippen LogP contribution in [0.1, 0.15) is 39.0 Å². The van der Waals surface area contributed by atoms with Gasteiger partial charge in [-0.3, -0.25) is 13.7 Å². The monoisotopic (exact) mass is 808 g/mol. The van der Waals surface area contributed by atoms with Crippen molar-refractivity contribution in [1.82, 2.24) is 14.1 Å². The van der Waals surface area contributed by atoms with E-state index in [4.69, 9.17) is 23.4 Å². The summed E-state index contributed by atoms with van der Waals surface area (Å²) in [5, 5.41) is 2.13. The molecule has 11 aromatic rings. The summed E-state index contributed by atoms with van der Waals surface area (Å²) in [6, 6.07) is 41.0. The van der Waals surface area contributed by atoms with Crippen LogP contribution in [0.25, 0.3) is 83.4 Å². The predicted octanol–water partition coefficient (Wildman–Crippen LogP) is 14.1. The van der Waals surface area contributed by atoms with Crippen molar-refractivity contribution in [3.8, 4) is 62.1 Å². The summed E-state index contributed by atoms with van der Waals surface area (Å²) in [6.45, 7) is 4.32. The molecule has 0 spiro atoms. The Kier molecular flexibility index (Phi) is 6.94. The normalized spacial score (nSPS) is 13.8. The second-order valence-corrected chi connectivity index (χ2v) is 15.3. The molecule has 3 aromatic heterocycles. The van der Waals surface area contributed by atoms with E-state index in [1.807, 2.05) is 114 Å². The van der Waals surface area contributed by atoms with Crippen LogP contribution in [0.2, 0.25) is 0 Å². The van der Waals surface area contributed by atoms with E-state index in [1.54, 1.807) is 22.8 Å². The highest BCUT2D eigenvalue weighted by Gasteiger charge is 2.21. The minimum absolute atomic E-state index is 0.138. The number of para-hydroxylation sites is 2. The standard InChI is InChI=1S/C57H42N4O/c1-39(2)43-32-33-58-56(35-43)61-52-27-13-12-24-50(52)51-30-29-47(37-54(51)61)62-46-23-14-22-45(36-46)59-38-60(55-34-44(28-31-53(55)59)40-16-6-3-7-17-40)57-48(41-18-8-4-9-19-41)25-15-26-49(57)42-20-10-5-11-21-42/h3-37,39H,1-2H3/i4D,5D,8D,9D,10D,11D,18D,19D,20D,21D. The van der Waals surface area contributed by atoms with Gasteiger partial charge < -0.3 is 4.74 Å². The van der Waals surface area contributed by atoms with Crippen molar-refractivity contribution in [2.75, 3.05) is 0 Å². The Morgan fingerprint density at radius 2 is 1.26 bits per heavy atom. The lowest BCUT2D eigenvalue weighted by molar-refractivity contribution is -0.571. The van der Waals surface area contributed by atoms with Gasteiger partial charge in [0.1, 0.15) is 17.3 Å². The minimum atomic E-state index is -0.571. The smallest absolute Gasteiger partial charge is 0.269 e. The van der Waals surface area contributed by atoms with Gasteiger partial charge in [-0.25, -0.2) is 4.98 Å². The van der Waals surface area contributed by atoms with Gasteiger partial charge in [0.2, 0.25) is 0 Å². The van der Waals surface area contributed by atoms with Crippen molar-refractivity contribution in [3.63, 3.8) is 0 Å². The molecule has 0 N–H and O–H groups in total. The zero-order valence-corrected chi connectivity index (χ0v) is 33.7. The van der Waals surface area contributed by atoms with Gasteiger partial charge in [-0.2, -0.15) is 0 Å². The number of aromatic nitrogens is 4. The number of hydrogen-bond donors (Lipinski definition) is 0. The SMILES string of the molecule is [2H]c1c([2H])c([2H])c(-c2cccc(-c3c([2H])c([2H])c([2H])c([2H])c3[2H])c2-[n+]2[c-]n(-c3cccc(Oc4ccc5c6ccccc6n(-c6cc(C(C)C)ccn6)c5c4)c3)c3ccc(-c4ccccc4)cc32)c([2H])c1[2H]. The first kappa shape index (κ1) is 27.7. The molecule has 8 aromatic carbocycles. The second-order valence-electron chi connectivity index (χ2n) is 15.3. The first-order valence-corrected chi connectivity index (χ1v) is 20.3. The molecule has 3 heterocycles. The highest BCUT2D eigenvalue weighted by atomic mass is 16.5. The lowest BCUT2D eigenvalue weighted by atomic mass is 9.95. The van der Waals surface area contributed by atoms with Crippen molar-refractivity contribution in [2.45, 2.75) is 19.8 Å². The molecular weight excluding hydrogens is 757 g/mol. The second kappa shape index (κ2) is 15.5. The van der Waals surface area contributed by atoms with Crippen LogP contribution in [0.4, 0.5) is 0 Å². The van der Waals surface area contributed by atoms with E-state index in [-0.39, 0.29) is 27.9 Å². The Morgan fingerprint density at radius 3 is 2.02 bits per heavy atom. The predicted molar refractivity (Wildman–Crippen MR) is 253 cm³/mol. The molecule has 0 aliphatic rings. The molecule has 0 fully saturated rings. The average molecular weight is 809 g/mol. The fourth-order valence-corrected chi connectivity index (χ4v) is 8.23. The van der Waals surface area contributed by atoms with Crippen molar-refractivity contribution >= 4 is 32.8 Å². The van der Waals surface area contributed by atoms with E-state index in [0.29, 0.717) is 34.1 Å². The maximum Gasteiger partial charge on any atom is 0.269 e. The number of hydrogen-bond acceptors (Lipinski definition) is 2. The number of benzene rings is 8. The molecule has 62 heavy (non-hydrogen) atoms. The van der Waals surface area contributed by atoms with Gasteiger partial charge in [0.05, 0.1) is 47.1 Å². The molecule has 0 atom stereocenters. The molecule has 0 radical (unpaired) electrons. The number of ether oxygens (including phenoxy) is 1. The summed E-state index contributed by atoms with van der Waals surface area (Å²) in [6.07, 6.45) is 5.35. The van der Waals surface area contributed by atoms with Crippen molar-refractivity contribution in [3.05, 3.63) is 224 Å². The number of pyridine rings is 1. The van der Waals surface area contributed by atoms with Crippen molar-refractivity contribution in [2.24, 2.45) is 0 Å². The first-order valence-electron chi connectivity index (χ1n) is 25.3. The highest BCUT2D eigenvalue weighted by molar-refractivity contribution is 6.09. The fraction of sp³-hybridized carbons (Fsp3) is 0.0526.